The smallest absolute Gasteiger partial charge is 0.194 e. The molecule has 1 aromatic heterocycles. The Labute approximate surface area is 187 Å². The summed E-state index contributed by atoms with van der Waals surface area (Å²) in [5, 5.41) is 8.13. The van der Waals surface area contributed by atoms with Crippen molar-refractivity contribution in [3.8, 4) is 0 Å². The summed E-state index contributed by atoms with van der Waals surface area (Å²) in [6.07, 6.45) is 6.27. The molecule has 8 heteroatoms. The number of guanidine groups is 1. The molecule has 0 amide bonds. The van der Waals surface area contributed by atoms with Gasteiger partial charge in [0.15, 0.2) is 5.96 Å². The molecule has 0 aromatic carbocycles. The molecule has 2 aliphatic rings. The third-order valence-electron chi connectivity index (χ3n) is 6.29. The first-order chi connectivity index (χ1) is 15.1. The maximum absolute atomic E-state index is 6.17. The number of piperidine rings is 1. The zero-order valence-corrected chi connectivity index (χ0v) is 19.9. The van der Waals surface area contributed by atoms with Crippen LogP contribution in [0.5, 0.6) is 0 Å². The number of hydrogen-bond donors (Lipinski definition) is 1. The molecule has 1 N–H and O–H groups in total. The van der Waals surface area contributed by atoms with Crippen LogP contribution in [0.2, 0.25) is 0 Å². The van der Waals surface area contributed by atoms with Crippen LogP contribution >= 0.6 is 0 Å². The van der Waals surface area contributed by atoms with Crippen LogP contribution in [0, 0.1) is 13.8 Å². The molecular weight excluding hydrogens is 394 g/mol. The van der Waals surface area contributed by atoms with Crippen molar-refractivity contribution < 1.29 is 14.2 Å². The van der Waals surface area contributed by atoms with Crippen molar-refractivity contribution in [3.05, 3.63) is 17.0 Å². The molecule has 176 valence electrons. The van der Waals surface area contributed by atoms with E-state index in [0.29, 0.717) is 25.4 Å². The zero-order valence-electron chi connectivity index (χ0n) is 19.9. The number of aromatic nitrogens is 2. The van der Waals surface area contributed by atoms with Crippen molar-refractivity contribution in [1.29, 1.82) is 0 Å². The first-order valence-electron chi connectivity index (χ1n) is 11.9. The topological polar surface area (TPSA) is 73.1 Å². The quantitative estimate of drug-likeness (QED) is 0.475. The molecule has 2 aliphatic heterocycles. The van der Waals surface area contributed by atoms with Crippen molar-refractivity contribution in [2.24, 2.45) is 4.99 Å². The van der Waals surface area contributed by atoms with Gasteiger partial charge in [0.1, 0.15) is 0 Å². The van der Waals surface area contributed by atoms with Crippen molar-refractivity contribution in [2.75, 3.05) is 46.6 Å². The molecule has 2 saturated heterocycles. The first kappa shape index (κ1) is 24.0. The van der Waals surface area contributed by atoms with E-state index in [-0.39, 0.29) is 0 Å². The SMILES string of the molecule is CCNC(=NCc1c(C)nn(CCOC)c1C)N1CCC(OCC2CCCCO2)CC1. The molecular formula is C23H41N5O3. The van der Waals surface area contributed by atoms with E-state index in [1.54, 1.807) is 7.11 Å². The van der Waals surface area contributed by atoms with Crippen LogP contribution in [-0.2, 0) is 27.3 Å². The molecule has 8 nitrogen and oxygen atoms in total. The minimum absolute atomic E-state index is 0.293. The molecule has 3 rings (SSSR count). The van der Waals surface area contributed by atoms with Crippen molar-refractivity contribution in [2.45, 2.75) is 78.2 Å². The van der Waals surface area contributed by atoms with Gasteiger partial charge in [-0.25, -0.2) is 4.99 Å². The van der Waals surface area contributed by atoms with E-state index >= 15 is 0 Å². The Balaban J connectivity index is 1.52. The Kier molecular flexibility index (Phi) is 9.61. The molecule has 31 heavy (non-hydrogen) atoms. The number of hydrogen-bond acceptors (Lipinski definition) is 5. The Bertz CT molecular complexity index is 692. The van der Waals surface area contributed by atoms with Gasteiger partial charge in [-0.15, -0.1) is 0 Å². The Morgan fingerprint density at radius 2 is 2.03 bits per heavy atom. The van der Waals surface area contributed by atoms with Gasteiger partial charge in [0.05, 0.1) is 44.2 Å². The minimum atomic E-state index is 0.293. The standard InChI is InChI=1S/C23H41N5O3/c1-5-24-23(25-16-22-18(2)26-28(19(22)3)13-15-29-4)27-11-9-20(10-12-27)31-17-21-8-6-7-14-30-21/h20-21H,5-17H2,1-4H3,(H,24,25). The van der Waals surface area contributed by atoms with Crippen LogP contribution in [-0.4, -0.2) is 79.4 Å². The van der Waals surface area contributed by atoms with Crippen LogP contribution in [0.1, 0.15) is 56.0 Å². The number of aliphatic imine (C=N–C) groups is 1. The summed E-state index contributed by atoms with van der Waals surface area (Å²) < 4.78 is 19.2. The van der Waals surface area contributed by atoms with E-state index in [0.717, 1.165) is 70.3 Å². The van der Waals surface area contributed by atoms with Gasteiger partial charge in [0.25, 0.3) is 0 Å². The number of nitrogens with zero attached hydrogens (tertiary/aromatic N) is 4. The predicted octanol–water partition coefficient (Wildman–Crippen LogP) is 2.66. The number of aryl methyl sites for hydroxylation is 1. The second-order valence-electron chi connectivity index (χ2n) is 8.54. The molecule has 1 unspecified atom stereocenters. The second-order valence-corrected chi connectivity index (χ2v) is 8.54. The van der Waals surface area contributed by atoms with E-state index in [4.69, 9.17) is 19.2 Å². The monoisotopic (exact) mass is 435 g/mol. The molecule has 0 radical (unpaired) electrons. The average Bonchev–Trinajstić information content (AvgIpc) is 3.07. The molecule has 2 fully saturated rings. The van der Waals surface area contributed by atoms with Crippen LogP contribution < -0.4 is 5.32 Å². The van der Waals surface area contributed by atoms with Crippen molar-refractivity contribution in [1.82, 2.24) is 20.0 Å². The highest BCUT2D eigenvalue weighted by Gasteiger charge is 2.24. The van der Waals surface area contributed by atoms with Crippen LogP contribution in [0.4, 0.5) is 0 Å². The van der Waals surface area contributed by atoms with Crippen LogP contribution in [0.15, 0.2) is 4.99 Å². The van der Waals surface area contributed by atoms with Crippen LogP contribution in [0.3, 0.4) is 0 Å². The first-order valence-corrected chi connectivity index (χ1v) is 11.9. The van der Waals surface area contributed by atoms with Gasteiger partial charge >= 0.3 is 0 Å². The summed E-state index contributed by atoms with van der Waals surface area (Å²) in [5.41, 5.74) is 3.42. The average molecular weight is 436 g/mol. The molecule has 0 spiro atoms. The van der Waals surface area contributed by atoms with Gasteiger partial charge in [0, 0.05) is 44.6 Å². The molecule has 0 saturated carbocycles. The number of methoxy groups -OCH3 is 1. The van der Waals surface area contributed by atoms with Gasteiger partial charge < -0.3 is 24.4 Å². The minimum Gasteiger partial charge on any atom is -0.383 e. The summed E-state index contributed by atoms with van der Waals surface area (Å²) in [5.74, 6) is 0.986. The largest absolute Gasteiger partial charge is 0.383 e. The maximum Gasteiger partial charge on any atom is 0.194 e. The highest BCUT2D eigenvalue weighted by Crippen LogP contribution is 2.19. The van der Waals surface area contributed by atoms with Gasteiger partial charge in [-0.05, 0) is 52.9 Å². The summed E-state index contributed by atoms with van der Waals surface area (Å²) >= 11 is 0. The Hall–Kier alpha value is -1.64. The number of ether oxygens (including phenoxy) is 3. The summed E-state index contributed by atoms with van der Waals surface area (Å²) in [4.78, 5) is 7.31. The lowest BCUT2D eigenvalue weighted by Gasteiger charge is -2.35. The van der Waals surface area contributed by atoms with E-state index in [9.17, 15) is 0 Å². The molecule has 1 atom stereocenters. The lowest BCUT2D eigenvalue weighted by molar-refractivity contribution is -0.0721. The summed E-state index contributed by atoms with van der Waals surface area (Å²) in [6.45, 7) is 12.8. The number of nitrogens with one attached hydrogen (secondary N) is 1. The molecule has 3 heterocycles. The second kappa shape index (κ2) is 12.4. The maximum atomic E-state index is 6.17. The van der Waals surface area contributed by atoms with Crippen molar-refractivity contribution >= 4 is 5.96 Å². The highest BCUT2D eigenvalue weighted by molar-refractivity contribution is 5.80. The third kappa shape index (κ3) is 6.92. The van der Waals surface area contributed by atoms with E-state index in [1.165, 1.54) is 24.1 Å². The van der Waals surface area contributed by atoms with Gasteiger partial charge in [-0.3, -0.25) is 4.68 Å². The lowest BCUT2D eigenvalue weighted by atomic mass is 10.1. The zero-order chi connectivity index (χ0) is 22.1. The third-order valence-corrected chi connectivity index (χ3v) is 6.29. The van der Waals surface area contributed by atoms with Gasteiger partial charge in [-0.2, -0.15) is 5.10 Å². The Morgan fingerprint density at radius 3 is 2.71 bits per heavy atom. The fraction of sp³-hybridized carbons (Fsp3) is 0.826. The molecule has 0 aliphatic carbocycles. The van der Waals surface area contributed by atoms with Crippen LogP contribution in [0.25, 0.3) is 0 Å². The number of likely N-dealkylation sites (tertiary alicyclic amines) is 1. The Morgan fingerprint density at radius 1 is 1.23 bits per heavy atom. The van der Waals surface area contributed by atoms with Gasteiger partial charge in [0.2, 0.25) is 0 Å². The van der Waals surface area contributed by atoms with E-state index < -0.39 is 0 Å². The van der Waals surface area contributed by atoms with Gasteiger partial charge in [-0.1, -0.05) is 0 Å². The fourth-order valence-electron chi connectivity index (χ4n) is 4.35. The van der Waals surface area contributed by atoms with E-state index in [2.05, 4.69) is 36.1 Å². The highest BCUT2D eigenvalue weighted by atomic mass is 16.5. The van der Waals surface area contributed by atoms with Crippen molar-refractivity contribution in [3.63, 3.8) is 0 Å². The normalized spacial score (nSPS) is 21.0. The molecule has 0 bridgehead atoms. The molecule has 1 aromatic rings. The predicted molar refractivity (Wildman–Crippen MR) is 123 cm³/mol. The number of rotatable bonds is 9. The summed E-state index contributed by atoms with van der Waals surface area (Å²) in [7, 11) is 1.72. The van der Waals surface area contributed by atoms with E-state index in [1.807, 2.05) is 4.68 Å². The summed E-state index contributed by atoms with van der Waals surface area (Å²) in [6, 6.07) is 0. The lowest BCUT2D eigenvalue weighted by Crippen LogP contribution is -2.47. The fourth-order valence-corrected chi connectivity index (χ4v) is 4.35.